The van der Waals surface area contributed by atoms with Crippen LogP contribution in [0.2, 0.25) is 0 Å². The van der Waals surface area contributed by atoms with Gasteiger partial charge in [0, 0.05) is 6.42 Å². The van der Waals surface area contributed by atoms with Crippen LogP contribution in [0.25, 0.3) is 0 Å². The third kappa shape index (κ3) is 4.65. The van der Waals surface area contributed by atoms with E-state index < -0.39 is 5.92 Å². The summed E-state index contributed by atoms with van der Waals surface area (Å²) in [6.45, 7) is 12.3. The molecule has 0 saturated heterocycles. The zero-order valence-corrected chi connectivity index (χ0v) is 12.7. The molecule has 0 saturated carbocycles. The molecule has 108 valence electrons. The average molecular weight is 268 g/mol. The largest absolute Gasteiger partial charge is 0.465 e. The Balaban J connectivity index is 2.90. The Kier molecular flexibility index (Phi) is 5.09. The van der Waals surface area contributed by atoms with Crippen molar-refractivity contribution >= 4 is 5.97 Å². The molecule has 1 unspecified atom stereocenters. The van der Waals surface area contributed by atoms with Gasteiger partial charge in [0.1, 0.15) is 5.92 Å². The van der Waals surface area contributed by atoms with Gasteiger partial charge in [0.25, 0.3) is 0 Å². The lowest BCUT2D eigenvalue weighted by atomic mass is 9.92. The first-order valence-electron chi connectivity index (χ1n) is 6.73. The molecule has 0 aliphatic carbocycles. The van der Waals surface area contributed by atoms with Crippen molar-refractivity contribution in [1.82, 2.24) is 10.1 Å². The van der Waals surface area contributed by atoms with Crippen molar-refractivity contribution in [2.24, 2.45) is 11.3 Å². The second-order valence-corrected chi connectivity index (χ2v) is 6.26. The molecule has 0 aliphatic rings. The fourth-order valence-electron chi connectivity index (χ4n) is 1.83. The van der Waals surface area contributed by atoms with E-state index in [1.54, 1.807) is 6.92 Å². The molecule has 1 rings (SSSR count). The van der Waals surface area contributed by atoms with Crippen molar-refractivity contribution < 1.29 is 14.1 Å². The number of rotatable bonds is 5. The van der Waals surface area contributed by atoms with E-state index in [4.69, 9.17) is 9.26 Å². The maximum Gasteiger partial charge on any atom is 0.318 e. The Labute approximate surface area is 114 Å². The second kappa shape index (κ2) is 6.17. The third-order valence-corrected chi connectivity index (χ3v) is 2.65. The van der Waals surface area contributed by atoms with Gasteiger partial charge < -0.3 is 9.26 Å². The van der Waals surface area contributed by atoms with Gasteiger partial charge in [-0.2, -0.15) is 4.98 Å². The fourth-order valence-corrected chi connectivity index (χ4v) is 1.83. The minimum absolute atomic E-state index is 0.0574. The molecule has 5 nitrogen and oxygen atoms in total. The molecular weight excluding hydrogens is 244 g/mol. The van der Waals surface area contributed by atoms with E-state index in [9.17, 15) is 4.79 Å². The first kappa shape index (κ1) is 15.7. The van der Waals surface area contributed by atoms with Gasteiger partial charge in [-0.05, 0) is 18.3 Å². The number of hydrogen-bond acceptors (Lipinski definition) is 5. The summed E-state index contributed by atoms with van der Waals surface area (Å²) in [5.74, 6) is 0.261. The normalized spacial score (nSPS) is 13.6. The molecule has 19 heavy (non-hydrogen) atoms. The first-order valence-corrected chi connectivity index (χ1v) is 6.73. The van der Waals surface area contributed by atoms with Crippen LogP contribution in [0.15, 0.2) is 4.52 Å². The molecule has 0 bridgehead atoms. The van der Waals surface area contributed by atoms with E-state index in [1.165, 1.54) is 0 Å². The lowest BCUT2D eigenvalue weighted by molar-refractivity contribution is -0.146. The minimum atomic E-state index is -0.485. The molecule has 0 radical (unpaired) electrons. The molecule has 0 aromatic carbocycles. The Morgan fingerprint density at radius 1 is 1.37 bits per heavy atom. The Hall–Kier alpha value is -1.39. The Morgan fingerprint density at radius 3 is 2.47 bits per heavy atom. The average Bonchev–Trinajstić information content (AvgIpc) is 2.63. The van der Waals surface area contributed by atoms with Crippen LogP contribution in [0.1, 0.15) is 59.2 Å². The van der Waals surface area contributed by atoms with Crippen molar-refractivity contribution in [3.63, 3.8) is 0 Å². The summed E-state index contributed by atoms with van der Waals surface area (Å²) in [5.41, 5.74) is 0.0817. The molecule has 5 heteroatoms. The van der Waals surface area contributed by atoms with Crippen LogP contribution in [0, 0.1) is 11.3 Å². The number of esters is 1. The van der Waals surface area contributed by atoms with Crippen LogP contribution < -0.4 is 0 Å². The topological polar surface area (TPSA) is 65.2 Å². The number of nitrogens with zero attached hydrogens (tertiary/aromatic N) is 2. The van der Waals surface area contributed by atoms with Crippen LogP contribution in [-0.2, 0) is 16.0 Å². The molecule has 1 heterocycles. The smallest absolute Gasteiger partial charge is 0.318 e. The number of carbonyl (C=O) groups excluding carboxylic acids is 1. The standard InChI is InChI=1S/C14H24N2O3/c1-7-18-13(17)11(9(2)3)12-15-10(16-19-12)8-14(4,5)6/h9,11H,7-8H2,1-6H3. The van der Waals surface area contributed by atoms with Crippen molar-refractivity contribution in [3.05, 3.63) is 11.7 Å². The van der Waals surface area contributed by atoms with Gasteiger partial charge in [0.15, 0.2) is 5.82 Å². The van der Waals surface area contributed by atoms with Crippen LogP contribution in [0.5, 0.6) is 0 Å². The van der Waals surface area contributed by atoms with Crippen LogP contribution in [0.3, 0.4) is 0 Å². The molecular formula is C14H24N2O3. The molecule has 0 aliphatic heterocycles. The predicted molar refractivity (Wildman–Crippen MR) is 71.7 cm³/mol. The molecule has 0 amide bonds. The van der Waals surface area contributed by atoms with Crippen molar-refractivity contribution in [2.75, 3.05) is 6.61 Å². The highest BCUT2D eigenvalue weighted by atomic mass is 16.5. The minimum Gasteiger partial charge on any atom is -0.465 e. The number of aromatic nitrogens is 2. The van der Waals surface area contributed by atoms with Crippen molar-refractivity contribution in [3.8, 4) is 0 Å². The molecule has 1 aromatic rings. The summed E-state index contributed by atoms with van der Waals surface area (Å²) >= 11 is 0. The van der Waals surface area contributed by atoms with Gasteiger partial charge in [0.2, 0.25) is 5.89 Å². The van der Waals surface area contributed by atoms with Crippen molar-refractivity contribution in [1.29, 1.82) is 0 Å². The van der Waals surface area contributed by atoms with E-state index in [2.05, 4.69) is 30.9 Å². The lowest BCUT2D eigenvalue weighted by Crippen LogP contribution is -2.21. The van der Waals surface area contributed by atoms with Crippen molar-refractivity contribution in [2.45, 2.75) is 53.9 Å². The quantitative estimate of drug-likeness (QED) is 0.768. The van der Waals surface area contributed by atoms with E-state index >= 15 is 0 Å². The van der Waals surface area contributed by atoms with Gasteiger partial charge in [-0.1, -0.05) is 39.8 Å². The number of ether oxygens (including phenoxy) is 1. The van der Waals surface area contributed by atoms with Crippen LogP contribution >= 0.6 is 0 Å². The highest BCUT2D eigenvalue weighted by Crippen LogP contribution is 2.26. The fraction of sp³-hybridized carbons (Fsp3) is 0.786. The maximum absolute atomic E-state index is 11.9. The molecule has 0 spiro atoms. The zero-order chi connectivity index (χ0) is 14.6. The molecule has 1 aromatic heterocycles. The van der Waals surface area contributed by atoms with E-state index in [-0.39, 0.29) is 17.3 Å². The predicted octanol–water partition coefficient (Wildman–Crippen LogP) is 2.96. The highest BCUT2D eigenvalue weighted by Gasteiger charge is 2.31. The number of hydrogen-bond donors (Lipinski definition) is 0. The monoisotopic (exact) mass is 268 g/mol. The maximum atomic E-state index is 11.9. The third-order valence-electron chi connectivity index (χ3n) is 2.65. The first-order chi connectivity index (χ1) is 8.74. The number of carbonyl (C=O) groups is 1. The highest BCUT2D eigenvalue weighted by molar-refractivity contribution is 5.77. The van der Waals surface area contributed by atoms with Gasteiger partial charge in [-0.15, -0.1) is 0 Å². The van der Waals surface area contributed by atoms with Crippen LogP contribution in [-0.4, -0.2) is 22.7 Å². The SMILES string of the molecule is CCOC(=O)C(c1nc(CC(C)(C)C)no1)C(C)C. The van der Waals surface area contributed by atoms with Crippen LogP contribution in [0.4, 0.5) is 0 Å². The summed E-state index contributed by atoms with van der Waals surface area (Å²) in [7, 11) is 0. The van der Waals surface area contributed by atoms with Gasteiger partial charge in [0.05, 0.1) is 6.61 Å². The summed E-state index contributed by atoms with van der Waals surface area (Å²) in [5, 5.41) is 3.95. The van der Waals surface area contributed by atoms with Gasteiger partial charge in [-0.3, -0.25) is 4.79 Å². The second-order valence-electron chi connectivity index (χ2n) is 6.26. The molecule has 0 N–H and O–H groups in total. The Bertz CT molecular complexity index is 419. The van der Waals surface area contributed by atoms with E-state index in [0.29, 0.717) is 24.7 Å². The Morgan fingerprint density at radius 2 is 2.00 bits per heavy atom. The summed E-state index contributed by atoms with van der Waals surface area (Å²) in [6.07, 6.45) is 0.712. The lowest BCUT2D eigenvalue weighted by Gasteiger charge is -2.15. The van der Waals surface area contributed by atoms with E-state index in [0.717, 1.165) is 0 Å². The summed E-state index contributed by atoms with van der Waals surface area (Å²) in [4.78, 5) is 16.3. The summed E-state index contributed by atoms with van der Waals surface area (Å²) < 4.78 is 10.3. The molecule has 1 atom stereocenters. The van der Waals surface area contributed by atoms with Gasteiger partial charge in [-0.25, -0.2) is 0 Å². The van der Waals surface area contributed by atoms with Gasteiger partial charge >= 0.3 is 5.97 Å². The molecule has 0 fully saturated rings. The zero-order valence-electron chi connectivity index (χ0n) is 12.7. The van der Waals surface area contributed by atoms with E-state index in [1.807, 2.05) is 13.8 Å². The summed E-state index contributed by atoms with van der Waals surface area (Å²) in [6, 6.07) is 0.